The van der Waals surface area contributed by atoms with Gasteiger partial charge in [-0.15, -0.1) is 0 Å². The van der Waals surface area contributed by atoms with Crippen LogP contribution in [-0.2, 0) is 35.1 Å². The maximum Gasteiger partial charge on any atom is 0.326 e. The van der Waals surface area contributed by atoms with Gasteiger partial charge in [-0.05, 0) is 36.6 Å². The average Bonchev–Trinajstić information content (AvgIpc) is 3.37. The van der Waals surface area contributed by atoms with Crippen LogP contribution < -0.4 is 21.3 Å². The van der Waals surface area contributed by atoms with Gasteiger partial charge < -0.3 is 46.3 Å². The summed E-state index contributed by atoms with van der Waals surface area (Å²) in [7, 11) is 0. The van der Waals surface area contributed by atoms with Crippen molar-refractivity contribution in [3.05, 3.63) is 30.0 Å². The van der Waals surface area contributed by atoms with E-state index in [-0.39, 0.29) is 55.9 Å². The fraction of sp³-hybridized carbons (Fsp3) is 0.517. The Hall–Kier alpha value is -4.31. The van der Waals surface area contributed by atoms with E-state index in [1.165, 1.54) is 13.8 Å². The molecule has 2 atom stereocenters. The predicted molar refractivity (Wildman–Crippen MR) is 165 cm³/mol. The summed E-state index contributed by atoms with van der Waals surface area (Å²) in [6.07, 6.45) is 0.284. The number of hydrogen-bond donors (Lipinski definition) is 8. The molecular formula is C29H41N5O10S. The molecule has 15 nitrogen and oxygen atoms in total. The Labute approximate surface area is 264 Å². The number of phenolic OH excluding ortho intramolecular Hbond substituents is 1. The molecule has 45 heavy (non-hydrogen) atoms. The van der Waals surface area contributed by atoms with Crippen LogP contribution in [0.4, 0.5) is 4.79 Å². The zero-order chi connectivity index (χ0) is 33.6. The molecule has 16 heteroatoms. The number of thioether (sulfide) groups is 1. The van der Waals surface area contributed by atoms with Crippen LogP contribution in [0.5, 0.6) is 5.75 Å². The largest absolute Gasteiger partial charge is 0.508 e. The van der Waals surface area contributed by atoms with Crippen molar-refractivity contribution >= 4 is 57.6 Å². The molecule has 0 unspecified atom stereocenters. The van der Waals surface area contributed by atoms with Crippen molar-refractivity contribution in [1.29, 1.82) is 0 Å². The average molecular weight is 652 g/mol. The fourth-order valence-electron chi connectivity index (χ4n) is 4.08. The highest BCUT2D eigenvalue weighted by atomic mass is 32.2. The number of carbonyl (C=O) groups is 6. The molecular weight excluding hydrogens is 610 g/mol. The van der Waals surface area contributed by atoms with Crippen LogP contribution in [0.2, 0.25) is 0 Å². The number of benzene rings is 1. The van der Waals surface area contributed by atoms with Gasteiger partial charge in [-0.3, -0.25) is 24.0 Å². The Morgan fingerprint density at radius 3 is 2.44 bits per heavy atom. The van der Waals surface area contributed by atoms with Crippen molar-refractivity contribution in [2.75, 3.05) is 32.0 Å². The molecule has 1 aromatic carbocycles. The van der Waals surface area contributed by atoms with Gasteiger partial charge in [-0.2, -0.15) is 0 Å². The van der Waals surface area contributed by atoms with E-state index in [2.05, 4.69) is 26.3 Å². The number of carboxylic acids is 1. The normalized spacial score (nSPS) is 12.5. The number of aromatic hydroxyl groups is 1. The topological polar surface area (TPSA) is 236 Å². The number of aliphatic carboxylic acids is 1. The third-order valence-corrected chi connectivity index (χ3v) is 7.44. The van der Waals surface area contributed by atoms with Crippen LogP contribution >= 0.6 is 11.8 Å². The van der Waals surface area contributed by atoms with E-state index >= 15 is 0 Å². The van der Waals surface area contributed by atoms with Gasteiger partial charge in [0.2, 0.25) is 17.7 Å². The SMILES string of the molecule is CC(=O)N[C@@H](CCC(=O)OCC(C)(C)[C@@H](O)C(=O)NCCC(=O)NCCSC(=O)NCCc1c[nH]c2ccc(O)cc12)C(=O)O. The summed E-state index contributed by atoms with van der Waals surface area (Å²) in [5, 5.41) is 40.0. The van der Waals surface area contributed by atoms with E-state index in [0.717, 1.165) is 35.2 Å². The molecule has 0 saturated carbocycles. The lowest BCUT2D eigenvalue weighted by Gasteiger charge is -2.29. The lowest BCUT2D eigenvalue weighted by atomic mass is 9.87. The molecule has 0 saturated heterocycles. The number of ether oxygens (including phenoxy) is 1. The second kappa shape index (κ2) is 17.9. The highest BCUT2D eigenvalue weighted by molar-refractivity contribution is 8.13. The number of aliphatic hydroxyl groups is 1. The summed E-state index contributed by atoms with van der Waals surface area (Å²) >= 11 is 1.02. The molecule has 0 aliphatic rings. The molecule has 2 aromatic rings. The summed E-state index contributed by atoms with van der Waals surface area (Å²) in [4.78, 5) is 74.0. The van der Waals surface area contributed by atoms with E-state index in [0.29, 0.717) is 18.7 Å². The number of carboxylic acid groups (broad SMARTS) is 1. The summed E-state index contributed by atoms with van der Waals surface area (Å²) in [5.74, 6) is -3.23. The number of carbonyl (C=O) groups excluding carboxylic acids is 5. The summed E-state index contributed by atoms with van der Waals surface area (Å²) in [5.41, 5.74) is 0.668. The molecule has 0 spiro atoms. The lowest BCUT2D eigenvalue weighted by Crippen LogP contribution is -2.47. The molecule has 4 amide bonds. The number of amides is 4. The molecule has 0 bridgehead atoms. The molecule has 8 N–H and O–H groups in total. The van der Waals surface area contributed by atoms with Gasteiger partial charge in [0.1, 0.15) is 17.9 Å². The second-order valence-corrected chi connectivity index (χ2v) is 12.0. The Morgan fingerprint density at radius 2 is 1.76 bits per heavy atom. The first-order valence-corrected chi connectivity index (χ1v) is 15.3. The van der Waals surface area contributed by atoms with Crippen LogP contribution in [0.25, 0.3) is 10.9 Å². The number of phenols is 1. The van der Waals surface area contributed by atoms with Crippen molar-refractivity contribution in [3.8, 4) is 5.75 Å². The van der Waals surface area contributed by atoms with Crippen LogP contribution in [0.1, 0.15) is 45.6 Å². The van der Waals surface area contributed by atoms with Crippen LogP contribution in [0.3, 0.4) is 0 Å². The van der Waals surface area contributed by atoms with Crippen molar-refractivity contribution in [1.82, 2.24) is 26.3 Å². The minimum atomic E-state index is -1.57. The predicted octanol–water partition coefficient (Wildman–Crippen LogP) is 0.781. The quantitative estimate of drug-likeness (QED) is 0.0828. The molecule has 0 aliphatic heterocycles. The van der Waals surface area contributed by atoms with Crippen LogP contribution in [-0.4, -0.2) is 99.3 Å². The molecule has 248 valence electrons. The van der Waals surface area contributed by atoms with E-state index in [9.17, 15) is 39.0 Å². The number of rotatable bonds is 18. The number of aromatic nitrogens is 1. The third kappa shape index (κ3) is 13.1. The van der Waals surface area contributed by atoms with Crippen molar-refractivity contribution < 1.29 is 48.8 Å². The maximum atomic E-state index is 12.4. The zero-order valence-corrected chi connectivity index (χ0v) is 26.3. The van der Waals surface area contributed by atoms with Gasteiger partial charge in [0.25, 0.3) is 5.24 Å². The van der Waals surface area contributed by atoms with Gasteiger partial charge in [0, 0.05) is 67.7 Å². The number of fused-ring (bicyclic) bond motifs is 1. The standard InChI is InChI=1S/C29H41N5O10S/c1-17(35)34-22(27(41)42)6-7-24(38)44-16-29(2,3)25(39)26(40)31-11-9-23(37)30-12-13-45-28(43)32-10-8-18-15-33-21-5-4-19(36)14-20(18)21/h4-5,14-15,22,25,33,36,39H,6-13,16H2,1-3H3,(H,30,37)(H,31,40)(H,32,43)(H,34,35)(H,41,42)/t22-,25-/m0/s1. The third-order valence-electron chi connectivity index (χ3n) is 6.63. The second-order valence-electron chi connectivity index (χ2n) is 10.9. The van der Waals surface area contributed by atoms with E-state index in [4.69, 9.17) is 9.84 Å². The molecule has 1 heterocycles. The van der Waals surface area contributed by atoms with Crippen molar-refractivity contribution in [2.45, 2.75) is 58.6 Å². The van der Waals surface area contributed by atoms with E-state index < -0.39 is 41.3 Å². The van der Waals surface area contributed by atoms with Gasteiger partial charge in [-0.1, -0.05) is 25.6 Å². The first-order valence-electron chi connectivity index (χ1n) is 14.3. The fourth-order valence-corrected chi connectivity index (χ4v) is 4.67. The number of esters is 1. The first-order chi connectivity index (χ1) is 21.2. The van der Waals surface area contributed by atoms with Crippen LogP contribution in [0, 0.1) is 5.41 Å². The Kier molecular flexibility index (Phi) is 14.6. The summed E-state index contributed by atoms with van der Waals surface area (Å²) in [6, 6.07) is 3.79. The molecule has 1 aromatic heterocycles. The summed E-state index contributed by atoms with van der Waals surface area (Å²) in [6.45, 7) is 4.38. The van der Waals surface area contributed by atoms with E-state index in [1.54, 1.807) is 18.2 Å². The molecule has 2 rings (SSSR count). The number of hydrogen-bond acceptors (Lipinski definition) is 10. The molecule has 0 radical (unpaired) electrons. The van der Waals surface area contributed by atoms with E-state index in [1.807, 2.05) is 6.20 Å². The summed E-state index contributed by atoms with van der Waals surface area (Å²) < 4.78 is 5.10. The Balaban J connectivity index is 1.58. The highest BCUT2D eigenvalue weighted by Crippen LogP contribution is 2.23. The number of aliphatic hydroxyl groups excluding tert-OH is 1. The minimum absolute atomic E-state index is 0.0590. The lowest BCUT2D eigenvalue weighted by molar-refractivity contribution is -0.154. The Morgan fingerprint density at radius 1 is 1.02 bits per heavy atom. The number of aromatic amines is 1. The first kappa shape index (κ1) is 36.9. The maximum absolute atomic E-state index is 12.4. The van der Waals surface area contributed by atoms with Gasteiger partial charge in [-0.25, -0.2) is 4.79 Å². The number of nitrogens with one attached hydrogen (secondary N) is 5. The highest BCUT2D eigenvalue weighted by Gasteiger charge is 2.35. The Bertz CT molecular complexity index is 1360. The number of H-pyrrole nitrogens is 1. The smallest absolute Gasteiger partial charge is 0.326 e. The van der Waals surface area contributed by atoms with Crippen LogP contribution in [0.15, 0.2) is 24.4 Å². The zero-order valence-electron chi connectivity index (χ0n) is 25.4. The minimum Gasteiger partial charge on any atom is -0.508 e. The van der Waals surface area contributed by atoms with Crippen molar-refractivity contribution in [3.63, 3.8) is 0 Å². The molecule has 0 fully saturated rings. The van der Waals surface area contributed by atoms with Gasteiger partial charge in [0.15, 0.2) is 0 Å². The van der Waals surface area contributed by atoms with Gasteiger partial charge >= 0.3 is 11.9 Å². The monoisotopic (exact) mass is 651 g/mol. The van der Waals surface area contributed by atoms with Gasteiger partial charge in [0.05, 0.1) is 6.61 Å². The van der Waals surface area contributed by atoms with Crippen molar-refractivity contribution in [2.24, 2.45) is 5.41 Å². The molecule has 0 aliphatic carbocycles.